The standard InChI is InChI=1S/C27H33NO7/c1-5-34-22-15-19(9-12-21(22)29)24-23(26(31)27(32)28(24)13-6-14-33-4)25(30)18-7-10-20(11-8-18)35-16-17(2)3/h7-12,15,17,24,29-30H,5-6,13-14,16H2,1-4H3/b25-23+/t24-/m0/s1. The Morgan fingerprint density at radius 3 is 2.43 bits per heavy atom. The summed E-state index contributed by atoms with van der Waals surface area (Å²) in [5.74, 6) is -0.547. The number of likely N-dealkylation sites (tertiary alicyclic amines) is 1. The normalized spacial score (nSPS) is 17.3. The number of methoxy groups -OCH3 is 1. The van der Waals surface area contributed by atoms with Crippen molar-refractivity contribution in [3.05, 3.63) is 59.2 Å². The second kappa shape index (κ2) is 11.8. The topological polar surface area (TPSA) is 106 Å². The summed E-state index contributed by atoms with van der Waals surface area (Å²) in [4.78, 5) is 27.5. The number of benzene rings is 2. The fourth-order valence-corrected chi connectivity index (χ4v) is 3.94. The van der Waals surface area contributed by atoms with Gasteiger partial charge in [-0.2, -0.15) is 0 Å². The first-order chi connectivity index (χ1) is 16.8. The molecular weight excluding hydrogens is 450 g/mol. The van der Waals surface area contributed by atoms with Crippen molar-refractivity contribution in [3.63, 3.8) is 0 Å². The molecule has 8 heteroatoms. The number of hydrogen-bond donors (Lipinski definition) is 2. The maximum atomic E-state index is 13.1. The molecule has 1 aliphatic heterocycles. The fourth-order valence-electron chi connectivity index (χ4n) is 3.94. The number of aliphatic hydroxyl groups is 1. The average Bonchev–Trinajstić information content (AvgIpc) is 3.09. The third-order valence-electron chi connectivity index (χ3n) is 5.60. The highest BCUT2D eigenvalue weighted by Crippen LogP contribution is 2.42. The van der Waals surface area contributed by atoms with E-state index < -0.39 is 17.7 Å². The second-order valence-corrected chi connectivity index (χ2v) is 8.73. The van der Waals surface area contributed by atoms with E-state index in [0.717, 1.165) is 0 Å². The number of aliphatic hydroxyl groups excluding tert-OH is 1. The van der Waals surface area contributed by atoms with Gasteiger partial charge in [0.05, 0.1) is 24.8 Å². The van der Waals surface area contributed by atoms with Crippen molar-refractivity contribution >= 4 is 17.4 Å². The number of carbonyl (C=O) groups excluding carboxylic acids is 2. The molecule has 0 spiro atoms. The van der Waals surface area contributed by atoms with Gasteiger partial charge >= 0.3 is 0 Å². The first-order valence-electron chi connectivity index (χ1n) is 11.7. The molecule has 1 aliphatic rings. The summed E-state index contributed by atoms with van der Waals surface area (Å²) in [7, 11) is 1.56. The summed E-state index contributed by atoms with van der Waals surface area (Å²) in [6.07, 6.45) is 0.512. The molecule has 0 aromatic heterocycles. The molecule has 1 heterocycles. The number of amides is 1. The lowest BCUT2D eigenvalue weighted by molar-refractivity contribution is -0.140. The Morgan fingerprint density at radius 1 is 1.09 bits per heavy atom. The summed E-state index contributed by atoms with van der Waals surface area (Å²) < 4.78 is 16.3. The van der Waals surface area contributed by atoms with Gasteiger partial charge in [0.1, 0.15) is 11.5 Å². The lowest BCUT2D eigenvalue weighted by Crippen LogP contribution is -2.31. The van der Waals surface area contributed by atoms with Crippen molar-refractivity contribution < 1.29 is 34.0 Å². The van der Waals surface area contributed by atoms with Crippen molar-refractivity contribution in [3.8, 4) is 17.2 Å². The Bertz CT molecular complexity index is 1080. The monoisotopic (exact) mass is 483 g/mol. The fraction of sp³-hybridized carbons (Fsp3) is 0.407. The van der Waals surface area contributed by atoms with E-state index in [2.05, 4.69) is 0 Å². The van der Waals surface area contributed by atoms with Crippen LogP contribution in [0.2, 0.25) is 0 Å². The Morgan fingerprint density at radius 2 is 1.80 bits per heavy atom. The summed E-state index contributed by atoms with van der Waals surface area (Å²) >= 11 is 0. The maximum absolute atomic E-state index is 13.1. The van der Waals surface area contributed by atoms with Crippen molar-refractivity contribution in [2.45, 2.75) is 33.2 Å². The lowest BCUT2D eigenvalue weighted by atomic mass is 9.95. The predicted molar refractivity (Wildman–Crippen MR) is 132 cm³/mol. The molecule has 3 rings (SSSR count). The zero-order chi connectivity index (χ0) is 25.5. The summed E-state index contributed by atoms with van der Waals surface area (Å²) in [5, 5.41) is 21.3. The molecule has 0 bridgehead atoms. The number of rotatable bonds is 11. The minimum atomic E-state index is -0.844. The summed E-state index contributed by atoms with van der Waals surface area (Å²) in [6.45, 7) is 7.44. The van der Waals surface area contributed by atoms with Crippen molar-refractivity contribution in [2.24, 2.45) is 5.92 Å². The minimum Gasteiger partial charge on any atom is -0.507 e. The predicted octanol–water partition coefficient (Wildman–Crippen LogP) is 4.28. The molecule has 2 N–H and O–H groups in total. The number of phenols is 1. The Balaban J connectivity index is 2.06. The molecule has 8 nitrogen and oxygen atoms in total. The van der Waals surface area contributed by atoms with Gasteiger partial charge < -0.3 is 29.3 Å². The van der Waals surface area contributed by atoms with Crippen LogP contribution in [0.3, 0.4) is 0 Å². The average molecular weight is 484 g/mol. The third kappa shape index (κ3) is 5.95. The van der Waals surface area contributed by atoms with Crippen LogP contribution in [0.25, 0.3) is 5.76 Å². The van der Waals surface area contributed by atoms with E-state index in [4.69, 9.17) is 14.2 Å². The Labute approximate surface area is 205 Å². The van der Waals surface area contributed by atoms with Crippen LogP contribution >= 0.6 is 0 Å². The van der Waals surface area contributed by atoms with Gasteiger partial charge in [-0.1, -0.05) is 19.9 Å². The minimum absolute atomic E-state index is 0.0172. The highest BCUT2D eigenvalue weighted by Gasteiger charge is 2.46. The highest BCUT2D eigenvalue weighted by molar-refractivity contribution is 6.46. The van der Waals surface area contributed by atoms with Gasteiger partial charge in [0.25, 0.3) is 11.7 Å². The SMILES string of the molecule is CCOc1cc([C@H]2/C(=C(\O)c3ccc(OCC(C)C)cc3)C(=O)C(=O)N2CCCOC)ccc1O. The van der Waals surface area contributed by atoms with Gasteiger partial charge in [-0.3, -0.25) is 9.59 Å². The summed E-state index contributed by atoms with van der Waals surface area (Å²) in [6, 6.07) is 10.6. The number of ether oxygens (including phenoxy) is 3. The van der Waals surface area contributed by atoms with E-state index >= 15 is 0 Å². The Kier molecular flexibility index (Phi) is 8.76. The van der Waals surface area contributed by atoms with Crippen LogP contribution in [0.1, 0.15) is 44.4 Å². The second-order valence-electron chi connectivity index (χ2n) is 8.73. The molecule has 2 aromatic rings. The van der Waals surface area contributed by atoms with Crippen molar-refractivity contribution in [1.29, 1.82) is 0 Å². The van der Waals surface area contributed by atoms with Crippen molar-refractivity contribution in [1.82, 2.24) is 4.90 Å². The molecule has 1 saturated heterocycles. The lowest BCUT2D eigenvalue weighted by Gasteiger charge is -2.25. The molecule has 0 saturated carbocycles. The van der Waals surface area contributed by atoms with Gasteiger partial charge in [0.2, 0.25) is 0 Å². The zero-order valence-corrected chi connectivity index (χ0v) is 20.6. The van der Waals surface area contributed by atoms with E-state index in [1.54, 1.807) is 50.4 Å². The quantitative estimate of drug-likeness (QED) is 0.213. The molecule has 188 valence electrons. The van der Waals surface area contributed by atoms with Crippen LogP contribution in [0.15, 0.2) is 48.0 Å². The molecule has 35 heavy (non-hydrogen) atoms. The van der Waals surface area contributed by atoms with E-state index in [1.807, 2.05) is 13.8 Å². The number of carbonyl (C=O) groups is 2. The highest BCUT2D eigenvalue weighted by atomic mass is 16.5. The molecule has 1 fully saturated rings. The molecule has 0 aliphatic carbocycles. The van der Waals surface area contributed by atoms with Crippen LogP contribution in [-0.2, 0) is 14.3 Å². The Hall–Kier alpha value is -3.52. The molecule has 1 atom stereocenters. The smallest absolute Gasteiger partial charge is 0.295 e. The molecule has 1 amide bonds. The third-order valence-corrected chi connectivity index (χ3v) is 5.60. The van der Waals surface area contributed by atoms with Crippen LogP contribution in [0, 0.1) is 5.92 Å². The molecule has 0 unspecified atom stereocenters. The number of phenolic OH excluding ortho intramolecular Hbond substituents is 1. The van der Waals surface area contributed by atoms with E-state index in [0.29, 0.717) is 49.0 Å². The molecular formula is C27H33NO7. The number of hydrogen-bond acceptors (Lipinski definition) is 7. The van der Waals surface area contributed by atoms with Crippen LogP contribution < -0.4 is 9.47 Å². The summed E-state index contributed by atoms with van der Waals surface area (Å²) in [5.41, 5.74) is 0.920. The molecule has 2 aromatic carbocycles. The first kappa shape index (κ1) is 26.1. The van der Waals surface area contributed by atoms with Gasteiger partial charge in [0, 0.05) is 25.8 Å². The van der Waals surface area contributed by atoms with E-state index in [1.165, 1.54) is 11.0 Å². The van der Waals surface area contributed by atoms with E-state index in [-0.39, 0.29) is 29.4 Å². The van der Waals surface area contributed by atoms with Crippen LogP contribution in [0.4, 0.5) is 0 Å². The number of aromatic hydroxyl groups is 1. The van der Waals surface area contributed by atoms with E-state index in [9.17, 15) is 19.8 Å². The zero-order valence-electron chi connectivity index (χ0n) is 20.6. The maximum Gasteiger partial charge on any atom is 0.295 e. The number of nitrogens with zero attached hydrogens (tertiary/aromatic N) is 1. The number of Topliss-reactive ketones (excluding diaryl/α,β-unsaturated/α-hetero) is 1. The molecule has 0 radical (unpaired) electrons. The van der Waals surface area contributed by atoms with Gasteiger partial charge in [-0.15, -0.1) is 0 Å². The van der Waals surface area contributed by atoms with Gasteiger partial charge in [0.15, 0.2) is 11.5 Å². The van der Waals surface area contributed by atoms with Gasteiger partial charge in [-0.25, -0.2) is 0 Å². The van der Waals surface area contributed by atoms with Crippen LogP contribution in [0.5, 0.6) is 17.2 Å². The van der Waals surface area contributed by atoms with Crippen LogP contribution in [-0.4, -0.2) is 60.3 Å². The number of ketones is 1. The van der Waals surface area contributed by atoms with Gasteiger partial charge in [-0.05, 0) is 61.2 Å². The first-order valence-corrected chi connectivity index (χ1v) is 11.7. The largest absolute Gasteiger partial charge is 0.507 e. The van der Waals surface area contributed by atoms with Crippen molar-refractivity contribution in [2.75, 3.05) is 33.5 Å².